The van der Waals surface area contributed by atoms with Crippen molar-refractivity contribution in [3.8, 4) is 0 Å². The molecule has 3 atom stereocenters. The summed E-state index contributed by atoms with van der Waals surface area (Å²) in [7, 11) is 1.93. The Hall–Kier alpha value is -1.06. The average molecular weight is 325 g/mol. The molecule has 0 saturated heterocycles. The molecule has 1 amide bonds. The summed E-state index contributed by atoms with van der Waals surface area (Å²) in [6.45, 7) is 6.95. The van der Waals surface area contributed by atoms with Crippen molar-refractivity contribution < 1.29 is 4.79 Å². The van der Waals surface area contributed by atoms with Gasteiger partial charge in [-0.05, 0) is 57.2 Å². The monoisotopic (exact) mass is 324 g/mol. The molecule has 1 aromatic rings. The van der Waals surface area contributed by atoms with Gasteiger partial charge in [-0.2, -0.15) is 0 Å². The average Bonchev–Trinajstić information content (AvgIpc) is 2.95. The van der Waals surface area contributed by atoms with Gasteiger partial charge in [-0.3, -0.25) is 4.79 Å². The molecule has 0 heterocycles. The minimum atomic E-state index is 0. The number of nitrogens with two attached hydrogens (primary N) is 1. The van der Waals surface area contributed by atoms with Crippen LogP contribution in [-0.2, 0) is 4.79 Å². The van der Waals surface area contributed by atoms with Gasteiger partial charge in [-0.1, -0.05) is 30.2 Å². The van der Waals surface area contributed by atoms with Gasteiger partial charge in [0.05, 0.1) is 6.04 Å². The number of amides is 1. The minimum Gasteiger partial charge on any atom is -0.339 e. The normalized spacial score (nSPS) is 22.0. The molecule has 1 aliphatic rings. The van der Waals surface area contributed by atoms with Crippen LogP contribution in [0.1, 0.15) is 48.9 Å². The SMILES string of the molecule is Cc1ccc(C)c(C(C)N(C)C(=O)[C@@H]2CCC[C@@H]2CN)c1.Cl. The van der Waals surface area contributed by atoms with Crippen LogP contribution in [0.5, 0.6) is 0 Å². The Labute approximate surface area is 140 Å². The van der Waals surface area contributed by atoms with Crippen LogP contribution in [0.3, 0.4) is 0 Å². The molecule has 2 rings (SSSR count). The first-order chi connectivity index (χ1) is 9.95. The summed E-state index contributed by atoms with van der Waals surface area (Å²) >= 11 is 0. The van der Waals surface area contributed by atoms with Gasteiger partial charge >= 0.3 is 0 Å². The summed E-state index contributed by atoms with van der Waals surface area (Å²) in [6.07, 6.45) is 3.22. The van der Waals surface area contributed by atoms with Gasteiger partial charge in [0.2, 0.25) is 5.91 Å². The predicted molar refractivity (Wildman–Crippen MR) is 94.2 cm³/mol. The molecular weight excluding hydrogens is 296 g/mol. The number of aryl methyl sites for hydroxylation is 2. The zero-order chi connectivity index (χ0) is 15.6. The summed E-state index contributed by atoms with van der Waals surface area (Å²) in [5.41, 5.74) is 9.55. The molecule has 0 aliphatic heterocycles. The maximum absolute atomic E-state index is 12.8. The van der Waals surface area contributed by atoms with Gasteiger partial charge in [0.15, 0.2) is 0 Å². The molecule has 1 aliphatic carbocycles. The fraction of sp³-hybridized carbons (Fsp3) is 0.611. The van der Waals surface area contributed by atoms with Gasteiger partial charge in [-0.15, -0.1) is 12.4 Å². The van der Waals surface area contributed by atoms with Gasteiger partial charge in [0.1, 0.15) is 0 Å². The highest BCUT2D eigenvalue weighted by Crippen LogP contribution is 2.34. The maximum Gasteiger partial charge on any atom is 0.226 e. The molecule has 124 valence electrons. The van der Waals surface area contributed by atoms with Crippen molar-refractivity contribution in [3.63, 3.8) is 0 Å². The van der Waals surface area contributed by atoms with Crippen LogP contribution in [0, 0.1) is 25.7 Å². The van der Waals surface area contributed by atoms with E-state index < -0.39 is 0 Å². The third-order valence-electron chi connectivity index (χ3n) is 5.09. The summed E-state index contributed by atoms with van der Waals surface area (Å²) in [6, 6.07) is 6.56. The second-order valence-corrected chi connectivity index (χ2v) is 6.52. The number of benzene rings is 1. The Kier molecular flexibility index (Phi) is 6.89. The Morgan fingerprint density at radius 2 is 2.05 bits per heavy atom. The number of halogens is 1. The van der Waals surface area contributed by atoms with E-state index in [0.29, 0.717) is 12.5 Å². The summed E-state index contributed by atoms with van der Waals surface area (Å²) in [5.74, 6) is 0.745. The van der Waals surface area contributed by atoms with Crippen molar-refractivity contribution in [3.05, 3.63) is 34.9 Å². The molecule has 3 nitrogen and oxygen atoms in total. The highest BCUT2D eigenvalue weighted by Gasteiger charge is 2.35. The highest BCUT2D eigenvalue weighted by molar-refractivity contribution is 5.85. The van der Waals surface area contributed by atoms with Crippen LogP contribution in [0.15, 0.2) is 18.2 Å². The third-order valence-corrected chi connectivity index (χ3v) is 5.09. The first-order valence-corrected chi connectivity index (χ1v) is 7.99. The predicted octanol–water partition coefficient (Wildman–Crippen LogP) is 3.62. The zero-order valence-electron chi connectivity index (χ0n) is 14.1. The minimum absolute atomic E-state index is 0. The quantitative estimate of drug-likeness (QED) is 0.919. The largest absolute Gasteiger partial charge is 0.339 e. The fourth-order valence-corrected chi connectivity index (χ4v) is 3.52. The number of hydrogen-bond donors (Lipinski definition) is 1. The van der Waals surface area contributed by atoms with Crippen LogP contribution < -0.4 is 5.73 Å². The van der Waals surface area contributed by atoms with E-state index in [2.05, 4.69) is 39.0 Å². The molecule has 1 aromatic carbocycles. The van der Waals surface area contributed by atoms with Crippen molar-refractivity contribution in [2.75, 3.05) is 13.6 Å². The van der Waals surface area contributed by atoms with Crippen LogP contribution in [0.2, 0.25) is 0 Å². The molecule has 0 aromatic heterocycles. The molecule has 1 unspecified atom stereocenters. The maximum atomic E-state index is 12.8. The summed E-state index contributed by atoms with van der Waals surface area (Å²) < 4.78 is 0. The number of carbonyl (C=O) groups is 1. The molecule has 1 saturated carbocycles. The molecule has 4 heteroatoms. The highest BCUT2D eigenvalue weighted by atomic mass is 35.5. The van der Waals surface area contributed by atoms with E-state index in [4.69, 9.17) is 5.73 Å². The van der Waals surface area contributed by atoms with Crippen LogP contribution >= 0.6 is 12.4 Å². The van der Waals surface area contributed by atoms with Crippen LogP contribution in [0.25, 0.3) is 0 Å². The van der Waals surface area contributed by atoms with Gasteiger partial charge in [0.25, 0.3) is 0 Å². The lowest BCUT2D eigenvalue weighted by Gasteiger charge is -2.31. The Balaban J connectivity index is 0.00000242. The molecule has 22 heavy (non-hydrogen) atoms. The Bertz CT molecular complexity index is 518. The van der Waals surface area contributed by atoms with Gasteiger partial charge in [0, 0.05) is 13.0 Å². The van der Waals surface area contributed by atoms with Crippen LogP contribution in [0.4, 0.5) is 0 Å². The molecule has 2 N–H and O–H groups in total. The van der Waals surface area contributed by atoms with E-state index in [1.165, 1.54) is 16.7 Å². The second-order valence-electron chi connectivity index (χ2n) is 6.52. The van der Waals surface area contributed by atoms with E-state index >= 15 is 0 Å². The van der Waals surface area contributed by atoms with Crippen molar-refractivity contribution in [1.82, 2.24) is 4.90 Å². The van der Waals surface area contributed by atoms with E-state index in [1.54, 1.807) is 0 Å². The molecular formula is C18H29ClN2O. The van der Waals surface area contributed by atoms with Gasteiger partial charge in [-0.25, -0.2) is 0 Å². The van der Waals surface area contributed by atoms with E-state index in [1.807, 2.05) is 11.9 Å². The smallest absolute Gasteiger partial charge is 0.226 e. The zero-order valence-corrected chi connectivity index (χ0v) is 15.0. The Morgan fingerprint density at radius 3 is 2.68 bits per heavy atom. The lowest BCUT2D eigenvalue weighted by atomic mass is 9.93. The van der Waals surface area contributed by atoms with E-state index in [9.17, 15) is 4.79 Å². The number of carbonyl (C=O) groups excluding carboxylic acids is 1. The third kappa shape index (κ3) is 3.82. The molecule has 1 fully saturated rings. The summed E-state index contributed by atoms with van der Waals surface area (Å²) in [5, 5.41) is 0. The topological polar surface area (TPSA) is 46.3 Å². The van der Waals surface area contributed by atoms with E-state index in [0.717, 1.165) is 19.3 Å². The van der Waals surface area contributed by atoms with Crippen molar-refractivity contribution >= 4 is 18.3 Å². The summed E-state index contributed by atoms with van der Waals surface area (Å²) in [4.78, 5) is 14.7. The van der Waals surface area contributed by atoms with Gasteiger partial charge < -0.3 is 10.6 Å². The Morgan fingerprint density at radius 1 is 1.36 bits per heavy atom. The number of nitrogens with zero attached hydrogens (tertiary/aromatic N) is 1. The van der Waals surface area contributed by atoms with Crippen molar-refractivity contribution in [1.29, 1.82) is 0 Å². The van der Waals surface area contributed by atoms with Crippen molar-refractivity contribution in [2.45, 2.75) is 46.1 Å². The lowest BCUT2D eigenvalue weighted by molar-refractivity contribution is -0.137. The molecule has 0 bridgehead atoms. The first kappa shape index (κ1) is 19.0. The standard InChI is InChI=1S/C18H28N2O.ClH/c1-12-8-9-13(2)17(10-12)14(3)20(4)18(21)16-7-5-6-15(16)11-19;/h8-10,14-16H,5-7,11,19H2,1-4H3;1H/t14?,15-,16-;/m1./s1. The number of rotatable bonds is 4. The fourth-order valence-electron chi connectivity index (χ4n) is 3.52. The van der Waals surface area contributed by atoms with Crippen molar-refractivity contribution in [2.24, 2.45) is 17.6 Å². The molecule has 0 radical (unpaired) electrons. The van der Waals surface area contributed by atoms with Crippen LogP contribution in [-0.4, -0.2) is 24.4 Å². The first-order valence-electron chi connectivity index (χ1n) is 7.99. The number of hydrogen-bond acceptors (Lipinski definition) is 2. The second kappa shape index (κ2) is 7.98. The lowest BCUT2D eigenvalue weighted by Crippen LogP contribution is -2.38. The molecule has 0 spiro atoms. The van der Waals surface area contributed by atoms with E-state index in [-0.39, 0.29) is 30.3 Å².